The Balaban J connectivity index is 1.51. The summed E-state index contributed by atoms with van der Waals surface area (Å²) in [6, 6.07) is 6.91. The molecular weight excluding hydrogens is 314 g/mol. The van der Waals surface area contributed by atoms with Crippen molar-refractivity contribution in [1.29, 1.82) is 0 Å². The van der Waals surface area contributed by atoms with Crippen molar-refractivity contribution in [3.8, 4) is 0 Å². The van der Waals surface area contributed by atoms with Gasteiger partial charge in [-0.3, -0.25) is 14.5 Å². The number of carbonyl (C=O) groups is 2. The third-order valence-corrected chi connectivity index (χ3v) is 4.81. The summed E-state index contributed by atoms with van der Waals surface area (Å²) in [5.41, 5.74) is 0.705. The lowest BCUT2D eigenvalue weighted by Gasteiger charge is -2.37. The third kappa shape index (κ3) is 4.03. The van der Waals surface area contributed by atoms with Crippen LogP contribution in [0.1, 0.15) is 19.8 Å². The number of benzene rings is 1. The molecule has 1 aromatic rings. The van der Waals surface area contributed by atoms with E-state index in [4.69, 9.17) is 11.6 Å². The molecule has 3 rings (SSSR count). The molecule has 2 amide bonds. The highest BCUT2D eigenvalue weighted by Gasteiger charge is 2.35. The second kappa shape index (κ2) is 6.89. The summed E-state index contributed by atoms with van der Waals surface area (Å²) < 4.78 is 0. The highest BCUT2D eigenvalue weighted by Crippen LogP contribution is 2.31. The van der Waals surface area contributed by atoms with Gasteiger partial charge >= 0.3 is 0 Å². The minimum atomic E-state index is -0.229. The highest BCUT2D eigenvalue weighted by molar-refractivity contribution is 6.30. The number of nitrogens with one attached hydrogen (secondary N) is 1. The molecule has 6 heteroatoms. The predicted octanol–water partition coefficient (Wildman–Crippen LogP) is 2.22. The smallest absolute Gasteiger partial charge is 0.241 e. The average Bonchev–Trinajstić information content (AvgIpc) is 3.38. The standard InChI is InChI=1S/C17H22ClN3O2/c1-12(16(22)19-15-4-2-3-14(18)11-15)20-7-9-21(10-8-20)17(23)13-5-6-13/h2-4,11-13H,5-10H2,1H3,(H,19,22)/t12-/m0/s1. The van der Waals surface area contributed by atoms with Crippen LogP contribution in [0.25, 0.3) is 0 Å². The molecule has 1 saturated heterocycles. The lowest BCUT2D eigenvalue weighted by atomic mass is 10.2. The zero-order valence-electron chi connectivity index (χ0n) is 13.3. The molecule has 2 aliphatic rings. The van der Waals surface area contributed by atoms with Gasteiger partial charge in [0.25, 0.3) is 0 Å². The Morgan fingerprint density at radius 3 is 2.52 bits per heavy atom. The van der Waals surface area contributed by atoms with Gasteiger partial charge in [-0.2, -0.15) is 0 Å². The van der Waals surface area contributed by atoms with E-state index in [2.05, 4.69) is 10.2 Å². The van der Waals surface area contributed by atoms with Crippen molar-refractivity contribution < 1.29 is 9.59 Å². The molecule has 0 aromatic heterocycles. The van der Waals surface area contributed by atoms with Gasteiger partial charge in [0.2, 0.25) is 11.8 Å². The minimum Gasteiger partial charge on any atom is -0.340 e. The van der Waals surface area contributed by atoms with Crippen molar-refractivity contribution in [2.75, 3.05) is 31.5 Å². The van der Waals surface area contributed by atoms with Crippen molar-refractivity contribution >= 4 is 29.1 Å². The van der Waals surface area contributed by atoms with Gasteiger partial charge in [0.05, 0.1) is 6.04 Å². The Labute approximate surface area is 141 Å². The monoisotopic (exact) mass is 335 g/mol. The Bertz CT molecular complexity index is 595. The van der Waals surface area contributed by atoms with Crippen LogP contribution in [-0.4, -0.2) is 53.8 Å². The summed E-state index contributed by atoms with van der Waals surface area (Å²) in [6.45, 7) is 4.80. The molecule has 0 spiro atoms. The van der Waals surface area contributed by atoms with E-state index in [1.54, 1.807) is 12.1 Å². The van der Waals surface area contributed by atoms with Crippen LogP contribution in [-0.2, 0) is 9.59 Å². The predicted molar refractivity (Wildman–Crippen MR) is 90.4 cm³/mol. The lowest BCUT2D eigenvalue weighted by Crippen LogP contribution is -2.54. The molecule has 0 bridgehead atoms. The number of anilines is 1. The number of hydrogen-bond donors (Lipinski definition) is 1. The zero-order valence-corrected chi connectivity index (χ0v) is 14.1. The van der Waals surface area contributed by atoms with Gasteiger partial charge in [-0.1, -0.05) is 17.7 Å². The first-order chi connectivity index (χ1) is 11.0. The molecule has 1 heterocycles. The maximum atomic E-state index is 12.4. The Kier molecular flexibility index (Phi) is 4.87. The van der Waals surface area contributed by atoms with E-state index in [1.165, 1.54) is 0 Å². The molecule has 124 valence electrons. The lowest BCUT2D eigenvalue weighted by molar-refractivity contribution is -0.135. The van der Waals surface area contributed by atoms with Gasteiger partial charge in [-0.15, -0.1) is 0 Å². The van der Waals surface area contributed by atoms with Crippen LogP contribution < -0.4 is 5.32 Å². The van der Waals surface area contributed by atoms with Crippen molar-refractivity contribution in [2.24, 2.45) is 5.92 Å². The molecule has 5 nitrogen and oxygen atoms in total. The first kappa shape index (κ1) is 16.3. The first-order valence-corrected chi connectivity index (χ1v) is 8.51. The molecule has 2 fully saturated rings. The Morgan fingerprint density at radius 2 is 1.91 bits per heavy atom. The number of hydrogen-bond acceptors (Lipinski definition) is 3. The Morgan fingerprint density at radius 1 is 1.22 bits per heavy atom. The Hall–Kier alpha value is -1.59. The maximum absolute atomic E-state index is 12.4. The highest BCUT2D eigenvalue weighted by atomic mass is 35.5. The van der Waals surface area contributed by atoms with E-state index in [9.17, 15) is 9.59 Å². The van der Waals surface area contributed by atoms with E-state index in [0.717, 1.165) is 25.9 Å². The largest absolute Gasteiger partial charge is 0.340 e. The van der Waals surface area contributed by atoms with Crippen LogP contribution >= 0.6 is 11.6 Å². The van der Waals surface area contributed by atoms with Crippen LogP contribution in [0.15, 0.2) is 24.3 Å². The summed E-state index contributed by atoms with van der Waals surface area (Å²) in [5.74, 6) is 0.514. The molecule has 1 N–H and O–H groups in total. The fourth-order valence-corrected chi connectivity index (χ4v) is 3.09. The molecule has 1 aliphatic carbocycles. The maximum Gasteiger partial charge on any atom is 0.241 e. The number of rotatable bonds is 4. The van der Waals surface area contributed by atoms with E-state index in [-0.39, 0.29) is 17.9 Å². The van der Waals surface area contributed by atoms with Crippen molar-refractivity contribution in [1.82, 2.24) is 9.80 Å². The summed E-state index contributed by atoms with van der Waals surface area (Å²) in [4.78, 5) is 28.5. The van der Waals surface area contributed by atoms with Crippen molar-refractivity contribution in [2.45, 2.75) is 25.8 Å². The van der Waals surface area contributed by atoms with E-state index in [1.807, 2.05) is 24.0 Å². The third-order valence-electron chi connectivity index (χ3n) is 4.57. The first-order valence-electron chi connectivity index (χ1n) is 8.14. The second-order valence-electron chi connectivity index (χ2n) is 6.31. The van der Waals surface area contributed by atoms with Gasteiger partial charge in [-0.05, 0) is 38.0 Å². The van der Waals surface area contributed by atoms with Gasteiger partial charge < -0.3 is 10.2 Å². The molecule has 23 heavy (non-hydrogen) atoms. The minimum absolute atomic E-state index is 0.0470. The van der Waals surface area contributed by atoms with Gasteiger partial charge in [-0.25, -0.2) is 0 Å². The number of carbonyl (C=O) groups excluding carboxylic acids is 2. The summed E-state index contributed by atoms with van der Waals surface area (Å²) in [7, 11) is 0. The molecule has 1 aliphatic heterocycles. The van der Waals surface area contributed by atoms with Gasteiger partial charge in [0.1, 0.15) is 0 Å². The number of amides is 2. The van der Waals surface area contributed by atoms with E-state index >= 15 is 0 Å². The molecule has 1 atom stereocenters. The van der Waals surface area contributed by atoms with Crippen LogP contribution in [0.3, 0.4) is 0 Å². The van der Waals surface area contributed by atoms with Crippen molar-refractivity contribution in [3.63, 3.8) is 0 Å². The molecule has 0 unspecified atom stereocenters. The molecule has 0 radical (unpaired) electrons. The van der Waals surface area contributed by atoms with Gasteiger partial charge in [0, 0.05) is 42.8 Å². The summed E-state index contributed by atoms with van der Waals surface area (Å²) in [5, 5.41) is 3.50. The van der Waals surface area contributed by atoms with Crippen LogP contribution in [0, 0.1) is 5.92 Å². The SMILES string of the molecule is C[C@@H](C(=O)Nc1cccc(Cl)c1)N1CCN(C(=O)C2CC2)CC1. The van der Waals surface area contributed by atoms with E-state index in [0.29, 0.717) is 29.7 Å². The number of piperazine rings is 1. The van der Waals surface area contributed by atoms with Crippen LogP contribution in [0.4, 0.5) is 5.69 Å². The van der Waals surface area contributed by atoms with Gasteiger partial charge in [0.15, 0.2) is 0 Å². The quantitative estimate of drug-likeness (QED) is 0.918. The number of halogens is 1. The average molecular weight is 336 g/mol. The second-order valence-corrected chi connectivity index (χ2v) is 6.75. The fourth-order valence-electron chi connectivity index (χ4n) is 2.90. The normalized spacial score (nSPS) is 20.2. The molecule has 1 saturated carbocycles. The topological polar surface area (TPSA) is 52.7 Å². The van der Waals surface area contributed by atoms with Crippen molar-refractivity contribution in [3.05, 3.63) is 29.3 Å². The van der Waals surface area contributed by atoms with Crippen LogP contribution in [0.5, 0.6) is 0 Å². The summed E-state index contributed by atoms with van der Waals surface area (Å²) in [6.07, 6.45) is 2.08. The number of nitrogens with zero attached hydrogens (tertiary/aromatic N) is 2. The molecular formula is C17H22ClN3O2. The summed E-state index contributed by atoms with van der Waals surface area (Å²) >= 11 is 5.93. The fraction of sp³-hybridized carbons (Fsp3) is 0.529. The van der Waals surface area contributed by atoms with E-state index < -0.39 is 0 Å². The van der Waals surface area contributed by atoms with Crippen LogP contribution in [0.2, 0.25) is 5.02 Å². The molecule has 1 aromatic carbocycles. The zero-order chi connectivity index (χ0) is 16.4.